The van der Waals surface area contributed by atoms with E-state index in [1.54, 1.807) is 24.3 Å². The molecule has 0 spiro atoms. The normalized spacial score (nSPS) is 11.7. The van der Waals surface area contributed by atoms with Crippen LogP contribution in [0.3, 0.4) is 0 Å². The molecule has 1 amide bonds. The van der Waals surface area contributed by atoms with E-state index in [2.05, 4.69) is 39.6 Å². The third kappa shape index (κ3) is 5.56. The molecule has 0 saturated carbocycles. The highest BCUT2D eigenvalue weighted by Crippen LogP contribution is 2.35. The van der Waals surface area contributed by atoms with Crippen LogP contribution in [-0.2, 0) is 11.2 Å². The highest BCUT2D eigenvalue weighted by atomic mass is 32.2. The lowest BCUT2D eigenvalue weighted by molar-refractivity contribution is -0.115. The number of thioether (sulfide) groups is 1. The molecule has 0 fully saturated rings. The van der Waals surface area contributed by atoms with Crippen LogP contribution in [0.5, 0.6) is 0 Å². The summed E-state index contributed by atoms with van der Waals surface area (Å²) in [6, 6.07) is 24.6. The number of rotatable bonds is 8. The molecule has 6 nitrogen and oxygen atoms in total. The molecule has 0 aliphatic carbocycles. The summed E-state index contributed by atoms with van der Waals surface area (Å²) < 4.78 is 0. The molecule has 0 saturated heterocycles. The summed E-state index contributed by atoms with van der Waals surface area (Å²) >= 11 is 1.27. The molecule has 166 valence electrons. The fourth-order valence-electron chi connectivity index (χ4n) is 3.36. The predicted molar refractivity (Wildman–Crippen MR) is 131 cm³/mol. The van der Waals surface area contributed by atoms with Crippen molar-refractivity contribution < 1.29 is 9.59 Å². The van der Waals surface area contributed by atoms with Crippen molar-refractivity contribution in [2.45, 2.75) is 30.7 Å². The van der Waals surface area contributed by atoms with Crippen molar-refractivity contribution in [1.29, 1.82) is 0 Å². The summed E-state index contributed by atoms with van der Waals surface area (Å²) in [5.74, 6) is 0.382. The lowest BCUT2D eigenvalue weighted by atomic mass is 10.1. The quantitative estimate of drug-likeness (QED) is 0.262. The molecule has 1 heterocycles. The number of ketones is 1. The lowest BCUT2D eigenvalue weighted by Crippen LogP contribution is -2.19. The number of carbonyl (C=O) groups excluding carboxylic acids is 2. The van der Waals surface area contributed by atoms with Gasteiger partial charge in [-0.2, -0.15) is 0 Å². The summed E-state index contributed by atoms with van der Waals surface area (Å²) in [7, 11) is 0. The molecule has 2 N–H and O–H groups in total. The molecule has 0 unspecified atom stereocenters. The monoisotopic (exact) mass is 456 g/mol. The van der Waals surface area contributed by atoms with Gasteiger partial charge in [0.15, 0.2) is 11.6 Å². The highest BCUT2D eigenvalue weighted by Gasteiger charge is 2.24. The fourth-order valence-corrected chi connectivity index (χ4v) is 4.27. The average Bonchev–Trinajstić information content (AvgIpc) is 3.32. The van der Waals surface area contributed by atoms with Gasteiger partial charge >= 0.3 is 0 Å². The molecule has 0 bridgehead atoms. The molecule has 0 aliphatic rings. The maximum absolute atomic E-state index is 13.3. The van der Waals surface area contributed by atoms with Gasteiger partial charge in [-0.1, -0.05) is 85.4 Å². The number of H-pyrrole nitrogens is 1. The topological polar surface area (TPSA) is 87.7 Å². The Morgan fingerprint density at radius 1 is 1.00 bits per heavy atom. The van der Waals surface area contributed by atoms with E-state index in [1.807, 2.05) is 42.5 Å². The Hall–Kier alpha value is -3.71. The summed E-state index contributed by atoms with van der Waals surface area (Å²) in [5, 5.41) is 10.1. The van der Waals surface area contributed by atoms with E-state index < -0.39 is 5.25 Å². The summed E-state index contributed by atoms with van der Waals surface area (Å²) in [5.41, 5.74) is 4.14. The van der Waals surface area contributed by atoms with Gasteiger partial charge in [-0.05, 0) is 36.6 Å². The Balaban J connectivity index is 1.57. The van der Waals surface area contributed by atoms with Crippen LogP contribution >= 0.6 is 11.8 Å². The van der Waals surface area contributed by atoms with Gasteiger partial charge in [0.25, 0.3) is 0 Å². The van der Waals surface area contributed by atoms with Crippen molar-refractivity contribution in [3.8, 4) is 11.4 Å². The lowest BCUT2D eigenvalue weighted by Gasteiger charge is -2.15. The molecule has 0 radical (unpaired) electrons. The van der Waals surface area contributed by atoms with Crippen LogP contribution in [0.15, 0.2) is 84.0 Å². The first-order valence-electron chi connectivity index (χ1n) is 10.7. The zero-order valence-electron chi connectivity index (χ0n) is 18.4. The number of hydrogen-bond acceptors (Lipinski definition) is 5. The second-order valence-electron chi connectivity index (χ2n) is 7.55. The Labute approximate surface area is 196 Å². The summed E-state index contributed by atoms with van der Waals surface area (Å²) in [6.45, 7) is 3.61. The molecule has 33 heavy (non-hydrogen) atoms. The second kappa shape index (κ2) is 10.3. The van der Waals surface area contributed by atoms with Crippen molar-refractivity contribution in [3.63, 3.8) is 0 Å². The van der Waals surface area contributed by atoms with Crippen LogP contribution in [0.4, 0.5) is 5.69 Å². The Bertz CT molecular complexity index is 1250. The molecular weight excluding hydrogens is 432 g/mol. The minimum absolute atomic E-state index is 0.0553. The first kappa shape index (κ1) is 22.5. The fraction of sp³-hybridized carbons (Fsp3) is 0.154. The minimum Gasteiger partial charge on any atom is -0.325 e. The number of aryl methyl sites for hydroxylation is 1. The van der Waals surface area contributed by atoms with E-state index in [0.29, 0.717) is 22.2 Å². The van der Waals surface area contributed by atoms with Gasteiger partial charge in [-0.15, -0.1) is 5.10 Å². The van der Waals surface area contributed by atoms with Crippen molar-refractivity contribution in [3.05, 3.63) is 95.6 Å². The maximum Gasteiger partial charge on any atom is 0.242 e. The van der Waals surface area contributed by atoms with Crippen LogP contribution in [-0.4, -0.2) is 26.9 Å². The third-order valence-corrected chi connectivity index (χ3v) is 6.32. The third-order valence-electron chi connectivity index (χ3n) is 5.20. The number of nitrogens with one attached hydrogen (secondary N) is 2. The maximum atomic E-state index is 13.3. The molecule has 4 aromatic rings. The molecular formula is C26H24N4O2S. The van der Waals surface area contributed by atoms with Crippen LogP contribution in [0.1, 0.15) is 40.6 Å². The molecule has 1 atom stereocenters. The van der Waals surface area contributed by atoms with E-state index in [-0.39, 0.29) is 11.7 Å². The van der Waals surface area contributed by atoms with E-state index in [0.717, 1.165) is 17.5 Å². The van der Waals surface area contributed by atoms with Crippen LogP contribution in [0, 0.1) is 0 Å². The molecule has 1 aromatic heterocycles. The van der Waals surface area contributed by atoms with E-state index in [9.17, 15) is 9.59 Å². The number of benzene rings is 3. The van der Waals surface area contributed by atoms with Crippen molar-refractivity contribution in [2.24, 2.45) is 0 Å². The van der Waals surface area contributed by atoms with E-state index in [1.165, 1.54) is 24.2 Å². The first-order chi connectivity index (χ1) is 16.0. The Kier molecular flexibility index (Phi) is 7.00. The number of aromatic nitrogens is 3. The number of anilines is 1. The number of hydrogen-bond donors (Lipinski definition) is 2. The van der Waals surface area contributed by atoms with E-state index >= 15 is 0 Å². The van der Waals surface area contributed by atoms with Gasteiger partial charge < -0.3 is 5.32 Å². The smallest absolute Gasteiger partial charge is 0.242 e. The zero-order valence-corrected chi connectivity index (χ0v) is 19.2. The minimum atomic E-state index is -0.571. The van der Waals surface area contributed by atoms with Gasteiger partial charge in [0.1, 0.15) is 5.25 Å². The first-order valence-corrected chi connectivity index (χ1v) is 11.6. The van der Waals surface area contributed by atoms with E-state index in [4.69, 9.17) is 0 Å². The standard InChI is InChI=1S/C26H24N4O2S/c1-3-18-12-14-20(15-13-18)24-28-26(30-29-24)33-23(19-8-5-4-6-9-19)25(32)27-22-11-7-10-21(16-22)17(2)31/h4-16,23H,3H2,1-2H3,(H,27,32)(H,28,29,30)/t23-/m1/s1. The number of carbonyl (C=O) groups is 2. The highest BCUT2D eigenvalue weighted by molar-refractivity contribution is 8.00. The van der Waals surface area contributed by atoms with Crippen LogP contribution < -0.4 is 5.32 Å². The van der Waals surface area contributed by atoms with Crippen molar-refractivity contribution in [2.75, 3.05) is 5.32 Å². The van der Waals surface area contributed by atoms with Gasteiger partial charge in [0, 0.05) is 16.8 Å². The molecule has 4 rings (SSSR count). The Morgan fingerprint density at radius 3 is 2.45 bits per heavy atom. The van der Waals surface area contributed by atoms with Gasteiger partial charge in [-0.3, -0.25) is 14.7 Å². The van der Waals surface area contributed by atoms with Crippen molar-refractivity contribution >= 4 is 29.1 Å². The largest absolute Gasteiger partial charge is 0.325 e. The molecule has 7 heteroatoms. The van der Waals surface area contributed by atoms with Crippen LogP contribution in [0.2, 0.25) is 0 Å². The average molecular weight is 457 g/mol. The van der Waals surface area contributed by atoms with Gasteiger partial charge in [-0.25, -0.2) is 4.98 Å². The predicted octanol–water partition coefficient (Wildman–Crippen LogP) is 5.71. The van der Waals surface area contributed by atoms with Crippen LogP contribution in [0.25, 0.3) is 11.4 Å². The number of Topliss-reactive ketones (excluding diaryl/α,β-unsaturated/α-hetero) is 1. The second-order valence-corrected chi connectivity index (χ2v) is 8.62. The van der Waals surface area contributed by atoms with Gasteiger partial charge in [0.2, 0.25) is 11.1 Å². The zero-order chi connectivity index (χ0) is 23.2. The SMILES string of the molecule is CCc1ccc(-c2nc(S[C@@H](C(=O)Nc3cccc(C(C)=O)c3)c3ccccc3)n[nH]2)cc1. The number of aromatic amines is 1. The number of amides is 1. The molecule has 0 aliphatic heterocycles. The van der Waals surface area contributed by atoms with Gasteiger partial charge in [0.05, 0.1) is 0 Å². The summed E-state index contributed by atoms with van der Waals surface area (Å²) in [4.78, 5) is 29.6. The Morgan fingerprint density at radius 2 is 1.76 bits per heavy atom. The summed E-state index contributed by atoms with van der Waals surface area (Å²) in [6.07, 6.45) is 0.973. The van der Waals surface area contributed by atoms with Crippen molar-refractivity contribution in [1.82, 2.24) is 15.2 Å². The number of nitrogens with zero attached hydrogens (tertiary/aromatic N) is 2. The molecule has 3 aromatic carbocycles.